The SMILES string of the molecule is CCS(=O)(=O)c1cc(B2OC(C)(C)C(C)(C)O2)ccc1OC. The summed E-state index contributed by atoms with van der Waals surface area (Å²) >= 11 is 0. The summed E-state index contributed by atoms with van der Waals surface area (Å²) < 4.78 is 41.6. The van der Waals surface area contributed by atoms with E-state index in [2.05, 4.69) is 0 Å². The Labute approximate surface area is 133 Å². The van der Waals surface area contributed by atoms with Crippen LogP contribution in [0.3, 0.4) is 0 Å². The van der Waals surface area contributed by atoms with Crippen LogP contribution in [0.5, 0.6) is 5.75 Å². The molecule has 1 aliphatic heterocycles. The zero-order valence-corrected chi connectivity index (χ0v) is 14.8. The molecular weight excluding hydrogens is 303 g/mol. The molecule has 0 unspecified atom stereocenters. The fourth-order valence-electron chi connectivity index (χ4n) is 2.22. The van der Waals surface area contributed by atoms with E-state index in [0.717, 1.165) is 0 Å². The monoisotopic (exact) mass is 326 g/mol. The number of ether oxygens (including phenoxy) is 1. The third kappa shape index (κ3) is 2.89. The van der Waals surface area contributed by atoms with Crippen molar-refractivity contribution in [1.29, 1.82) is 0 Å². The number of methoxy groups -OCH3 is 1. The van der Waals surface area contributed by atoms with Crippen LogP contribution in [0.4, 0.5) is 0 Å². The van der Waals surface area contributed by atoms with Crippen LogP contribution in [0.25, 0.3) is 0 Å². The van der Waals surface area contributed by atoms with Gasteiger partial charge in [-0.05, 0) is 45.3 Å². The number of rotatable bonds is 4. The van der Waals surface area contributed by atoms with E-state index in [9.17, 15) is 8.42 Å². The van der Waals surface area contributed by atoms with E-state index in [-0.39, 0.29) is 10.6 Å². The molecule has 0 atom stereocenters. The van der Waals surface area contributed by atoms with Crippen molar-refractivity contribution in [3.8, 4) is 5.75 Å². The van der Waals surface area contributed by atoms with Crippen LogP contribution in [0.1, 0.15) is 34.6 Å². The molecule has 0 aliphatic carbocycles. The third-order valence-electron chi connectivity index (χ3n) is 4.43. The van der Waals surface area contributed by atoms with Gasteiger partial charge in [-0.15, -0.1) is 0 Å². The van der Waals surface area contributed by atoms with Gasteiger partial charge in [0.2, 0.25) is 0 Å². The van der Waals surface area contributed by atoms with Gasteiger partial charge < -0.3 is 14.0 Å². The Morgan fingerprint density at radius 3 is 2.14 bits per heavy atom. The van der Waals surface area contributed by atoms with Crippen molar-refractivity contribution in [2.24, 2.45) is 0 Å². The summed E-state index contributed by atoms with van der Waals surface area (Å²) in [6, 6.07) is 5.00. The van der Waals surface area contributed by atoms with Gasteiger partial charge in [-0.2, -0.15) is 0 Å². The van der Waals surface area contributed by atoms with Gasteiger partial charge in [0.25, 0.3) is 0 Å². The minimum Gasteiger partial charge on any atom is -0.495 e. The first-order chi connectivity index (χ1) is 10.0. The van der Waals surface area contributed by atoms with Crippen molar-refractivity contribution >= 4 is 22.4 Å². The summed E-state index contributed by atoms with van der Waals surface area (Å²) in [5, 5.41) is 0. The summed E-state index contributed by atoms with van der Waals surface area (Å²) in [4.78, 5) is 0.171. The second kappa shape index (κ2) is 5.55. The molecule has 2 rings (SSSR count). The molecule has 0 amide bonds. The first-order valence-electron chi connectivity index (χ1n) is 7.30. The van der Waals surface area contributed by atoms with E-state index in [1.54, 1.807) is 25.1 Å². The molecule has 0 N–H and O–H groups in total. The Morgan fingerprint density at radius 2 is 1.68 bits per heavy atom. The van der Waals surface area contributed by atoms with Gasteiger partial charge in [-0.1, -0.05) is 13.0 Å². The zero-order valence-electron chi connectivity index (χ0n) is 14.0. The lowest BCUT2D eigenvalue weighted by atomic mass is 9.79. The van der Waals surface area contributed by atoms with Gasteiger partial charge in [-0.3, -0.25) is 0 Å². The third-order valence-corrected chi connectivity index (χ3v) is 6.18. The van der Waals surface area contributed by atoms with Gasteiger partial charge >= 0.3 is 7.12 Å². The van der Waals surface area contributed by atoms with Crippen molar-refractivity contribution in [3.05, 3.63) is 18.2 Å². The van der Waals surface area contributed by atoms with Crippen molar-refractivity contribution < 1.29 is 22.5 Å². The molecule has 1 fully saturated rings. The fourth-order valence-corrected chi connectivity index (χ4v) is 3.30. The predicted molar refractivity (Wildman–Crippen MR) is 86.4 cm³/mol. The second-order valence-electron chi connectivity index (χ2n) is 6.40. The maximum atomic E-state index is 12.2. The Bertz CT molecular complexity index is 651. The molecule has 1 aromatic carbocycles. The zero-order chi connectivity index (χ0) is 16.8. The van der Waals surface area contributed by atoms with Gasteiger partial charge in [0.1, 0.15) is 10.6 Å². The Balaban J connectivity index is 2.45. The first-order valence-corrected chi connectivity index (χ1v) is 8.95. The lowest BCUT2D eigenvalue weighted by Crippen LogP contribution is -2.41. The van der Waals surface area contributed by atoms with Crippen molar-refractivity contribution in [3.63, 3.8) is 0 Å². The van der Waals surface area contributed by atoms with Gasteiger partial charge in [0, 0.05) is 0 Å². The molecule has 7 heteroatoms. The van der Waals surface area contributed by atoms with Crippen molar-refractivity contribution in [1.82, 2.24) is 0 Å². The minimum absolute atomic E-state index is 0.0101. The molecule has 0 radical (unpaired) electrons. The fraction of sp³-hybridized carbons (Fsp3) is 0.600. The van der Waals surface area contributed by atoms with Crippen LogP contribution in [0.2, 0.25) is 0 Å². The van der Waals surface area contributed by atoms with Crippen LogP contribution in [-0.2, 0) is 19.1 Å². The van der Waals surface area contributed by atoms with E-state index in [4.69, 9.17) is 14.0 Å². The topological polar surface area (TPSA) is 61.8 Å². The quantitative estimate of drug-likeness (QED) is 0.790. The van der Waals surface area contributed by atoms with Crippen molar-refractivity contribution in [2.75, 3.05) is 12.9 Å². The van der Waals surface area contributed by atoms with E-state index in [1.165, 1.54) is 7.11 Å². The summed E-state index contributed by atoms with van der Waals surface area (Å²) in [5.74, 6) is 0.345. The normalized spacial score (nSPS) is 20.2. The molecule has 0 spiro atoms. The molecule has 1 aromatic rings. The highest BCUT2D eigenvalue weighted by Gasteiger charge is 2.51. The van der Waals surface area contributed by atoms with Crippen LogP contribution >= 0.6 is 0 Å². The van der Waals surface area contributed by atoms with Gasteiger partial charge in [0.15, 0.2) is 9.84 Å². The highest BCUT2D eigenvalue weighted by atomic mass is 32.2. The first kappa shape index (κ1) is 17.3. The summed E-state index contributed by atoms with van der Waals surface area (Å²) in [7, 11) is -2.53. The van der Waals surface area contributed by atoms with E-state index >= 15 is 0 Å². The largest absolute Gasteiger partial charge is 0.495 e. The van der Waals surface area contributed by atoms with E-state index in [1.807, 2.05) is 27.7 Å². The van der Waals surface area contributed by atoms with Crippen LogP contribution in [0, 0.1) is 0 Å². The second-order valence-corrected chi connectivity index (χ2v) is 8.65. The number of hydrogen-bond donors (Lipinski definition) is 0. The Morgan fingerprint density at radius 1 is 1.14 bits per heavy atom. The Hall–Kier alpha value is -1.05. The highest BCUT2D eigenvalue weighted by molar-refractivity contribution is 7.91. The average molecular weight is 326 g/mol. The number of hydrogen-bond acceptors (Lipinski definition) is 5. The molecule has 1 saturated heterocycles. The molecule has 5 nitrogen and oxygen atoms in total. The molecular formula is C15H23BO5S. The average Bonchev–Trinajstić information content (AvgIpc) is 2.66. The maximum Gasteiger partial charge on any atom is 0.494 e. The summed E-state index contributed by atoms with van der Waals surface area (Å²) in [6.45, 7) is 9.44. The minimum atomic E-state index is -3.39. The molecule has 0 bridgehead atoms. The van der Waals surface area contributed by atoms with E-state index < -0.39 is 28.2 Å². The summed E-state index contributed by atoms with van der Waals surface area (Å²) in [5.41, 5.74) is -0.269. The van der Waals surface area contributed by atoms with Crippen LogP contribution < -0.4 is 10.2 Å². The molecule has 22 heavy (non-hydrogen) atoms. The molecule has 1 aliphatic rings. The molecule has 0 aromatic heterocycles. The lowest BCUT2D eigenvalue weighted by Gasteiger charge is -2.32. The summed E-state index contributed by atoms with van der Waals surface area (Å²) in [6.07, 6.45) is 0. The highest BCUT2D eigenvalue weighted by Crippen LogP contribution is 2.37. The predicted octanol–water partition coefficient (Wildman–Crippen LogP) is 1.79. The van der Waals surface area contributed by atoms with E-state index in [0.29, 0.717) is 11.2 Å². The van der Waals surface area contributed by atoms with Gasteiger partial charge in [0.05, 0.1) is 24.1 Å². The van der Waals surface area contributed by atoms with Gasteiger partial charge in [-0.25, -0.2) is 8.42 Å². The molecule has 0 saturated carbocycles. The maximum absolute atomic E-state index is 12.2. The van der Waals surface area contributed by atoms with Crippen LogP contribution in [-0.4, -0.2) is 39.6 Å². The number of sulfone groups is 1. The standard InChI is InChI=1S/C15H23BO5S/c1-7-22(17,18)13-10-11(8-9-12(13)19-6)16-20-14(2,3)15(4,5)21-16/h8-10H,7H2,1-6H3. The lowest BCUT2D eigenvalue weighted by molar-refractivity contribution is 0.00578. The van der Waals surface area contributed by atoms with Crippen LogP contribution in [0.15, 0.2) is 23.1 Å². The smallest absolute Gasteiger partial charge is 0.494 e. The van der Waals surface area contributed by atoms with Crippen molar-refractivity contribution in [2.45, 2.75) is 50.7 Å². The number of benzene rings is 1. The molecule has 122 valence electrons. The molecule has 1 heterocycles. The Kier molecular flexibility index (Phi) is 4.36.